The summed E-state index contributed by atoms with van der Waals surface area (Å²) in [6, 6.07) is 4.81. The number of carboxylic acid groups (broad SMARTS) is 1. The number of carbonyl (C=O) groups excluding carboxylic acids is 4. The predicted octanol–water partition coefficient (Wildman–Crippen LogP) is 4.15. The van der Waals surface area contributed by atoms with Gasteiger partial charge in [-0.25, -0.2) is 0 Å². The zero-order valence-corrected chi connectivity index (χ0v) is 26.0. The maximum atomic E-state index is 13.9. The SMILES string of the molecule is CCOc1cccc([C@H]2C3=CC[C@@H]4C(=O)N(CCCCCC(=O)O)C(=O)[C@@H]4[C@@H]3C[C@@]3(Cl)C(=O)N(CBr)C(=O)[C@@]23Cl)c1O. The molecule has 2 saturated heterocycles. The van der Waals surface area contributed by atoms with Crippen LogP contribution in [-0.4, -0.2) is 78.0 Å². The van der Waals surface area contributed by atoms with Crippen molar-refractivity contribution in [3.8, 4) is 11.5 Å². The first kappa shape index (κ1) is 30.8. The Morgan fingerprint density at radius 2 is 1.81 bits per heavy atom. The number of imide groups is 2. The van der Waals surface area contributed by atoms with E-state index in [1.807, 2.05) is 0 Å². The molecular weight excluding hydrogens is 655 g/mol. The first-order chi connectivity index (χ1) is 19.9. The average Bonchev–Trinajstić information content (AvgIpc) is 3.27. The topological polar surface area (TPSA) is 142 Å². The lowest BCUT2D eigenvalue weighted by Crippen LogP contribution is -2.60. The molecule has 2 heterocycles. The van der Waals surface area contributed by atoms with Gasteiger partial charge in [0.25, 0.3) is 11.8 Å². The fourth-order valence-corrected chi connectivity index (χ4v) is 8.57. The number of phenols is 1. The van der Waals surface area contributed by atoms with Gasteiger partial charge in [0.2, 0.25) is 11.8 Å². The number of hydrogen-bond donors (Lipinski definition) is 2. The van der Waals surface area contributed by atoms with Crippen LogP contribution in [0.3, 0.4) is 0 Å². The molecular formula is C29H31BrCl2N2O8. The zero-order chi connectivity index (χ0) is 30.6. The lowest BCUT2D eigenvalue weighted by atomic mass is 9.56. The van der Waals surface area contributed by atoms with Crippen molar-refractivity contribution in [3.63, 3.8) is 0 Å². The summed E-state index contributed by atoms with van der Waals surface area (Å²) in [4.78, 5) is 63.8. The zero-order valence-electron chi connectivity index (χ0n) is 22.9. The average molecular weight is 686 g/mol. The Morgan fingerprint density at radius 1 is 1.07 bits per heavy atom. The van der Waals surface area contributed by atoms with Gasteiger partial charge in [-0.05, 0) is 44.6 Å². The molecule has 4 aliphatic rings. The smallest absolute Gasteiger partial charge is 0.303 e. The van der Waals surface area contributed by atoms with Crippen LogP contribution >= 0.6 is 39.1 Å². The molecule has 1 saturated carbocycles. The van der Waals surface area contributed by atoms with Gasteiger partial charge < -0.3 is 14.9 Å². The molecule has 6 atom stereocenters. The number of ether oxygens (including phenoxy) is 1. The minimum atomic E-state index is -2.02. The fourth-order valence-electron chi connectivity index (χ4n) is 7.15. The largest absolute Gasteiger partial charge is 0.504 e. The lowest BCUT2D eigenvalue weighted by molar-refractivity contribution is -0.141. The highest BCUT2D eigenvalue weighted by Crippen LogP contribution is 2.66. The number of allylic oxidation sites excluding steroid dienone is 2. The summed E-state index contributed by atoms with van der Waals surface area (Å²) in [5.74, 6) is -6.40. The number of rotatable bonds is 10. The van der Waals surface area contributed by atoms with Gasteiger partial charge in [-0.3, -0.25) is 33.8 Å². The Hall–Kier alpha value is -2.63. The van der Waals surface area contributed by atoms with Gasteiger partial charge in [-0.2, -0.15) is 0 Å². The second-order valence-corrected chi connectivity index (χ2v) is 12.9. The predicted molar refractivity (Wildman–Crippen MR) is 155 cm³/mol. The van der Waals surface area contributed by atoms with E-state index in [1.54, 1.807) is 31.2 Å². The number of likely N-dealkylation sites (tertiary alicyclic amines) is 2. The Kier molecular flexibility index (Phi) is 8.41. The number of alkyl halides is 3. The van der Waals surface area contributed by atoms with Crippen molar-refractivity contribution in [1.29, 1.82) is 0 Å². The summed E-state index contributed by atoms with van der Waals surface area (Å²) in [6.45, 7) is 2.18. The molecule has 10 nitrogen and oxygen atoms in total. The quantitative estimate of drug-likeness (QED) is 0.123. The Bertz CT molecular complexity index is 1390. The molecule has 3 fully saturated rings. The number of phenolic OH excluding ortho intramolecular Hbond substituents is 1. The van der Waals surface area contributed by atoms with E-state index in [0.717, 1.165) is 4.90 Å². The van der Waals surface area contributed by atoms with Crippen LogP contribution in [0.2, 0.25) is 0 Å². The second-order valence-electron chi connectivity index (χ2n) is 11.1. The van der Waals surface area contributed by atoms with Crippen molar-refractivity contribution in [1.82, 2.24) is 9.80 Å². The molecule has 0 bridgehead atoms. The standard InChI is InChI=1S/C29H31BrCl2N2O8/c1-2-42-19-8-6-7-17(23(19)37)22-15-10-11-16-21(25(39)33(24(16)38)12-5-3-4-9-20(35)36)18(15)13-28(31)26(40)34(14-30)27(41)29(22,28)32/h6-8,10,16,18,21-22,37H,2-5,9,11-14H2,1H3,(H,35,36)/t16-,18+,21-,22+,28+,29-/m0/s1. The number of carbonyl (C=O) groups is 5. The first-order valence-corrected chi connectivity index (χ1v) is 15.8. The van der Waals surface area contributed by atoms with Crippen LogP contribution in [0.15, 0.2) is 29.8 Å². The summed E-state index contributed by atoms with van der Waals surface area (Å²) < 4.78 is 5.59. The van der Waals surface area contributed by atoms with Crippen LogP contribution in [0.5, 0.6) is 11.5 Å². The number of hydrogen-bond acceptors (Lipinski definition) is 7. The number of benzene rings is 1. The minimum absolute atomic E-state index is 0.0113. The van der Waals surface area contributed by atoms with E-state index in [0.29, 0.717) is 24.8 Å². The summed E-state index contributed by atoms with van der Waals surface area (Å²) in [5, 5.41) is 20.2. The molecule has 13 heteroatoms. The monoisotopic (exact) mass is 684 g/mol. The van der Waals surface area contributed by atoms with Crippen molar-refractivity contribution in [3.05, 3.63) is 35.4 Å². The van der Waals surface area contributed by atoms with Crippen molar-refractivity contribution < 1.29 is 38.9 Å². The molecule has 4 amide bonds. The number of halogens is 3. The normalized spacial score (nSPS) is 32.0. The molecule has 2 aliphatic heterocycles. The molecule has 0 radical (unpaired) electrons. The second kappa shape index (κ2) is 11.5. The van der Waals surface area contributed by atoms with Gasteiger partial charge in [0.15, 0.2) is 21.2 Å². The third-order valence-electron chi connectivity index (χ3n) is 9.02. The molecule has 2 aliphatic carbocycles. The maximum Gasteiger partial charge on any atom is 0.303 e. The molecule has 0 spiro atoms. The van der Waals surface area contributed by atoms with Crippen molar-refractivity contribution >= 4 is 68.7 Å². The van der Waals surface area contributed by atoms with Crippen molar-refractivity contribution in [2.45, 2.75) is 61.1 Å². The minimum Gasteiger partial charge on any atom is -0.504 e. The lowest BCUT2D eigenvalue weighted by Gasteiger charge is -2.50. The van der Waals surface area contributed by atoms with Gasteiger partial charge in [-0.15, -0.1) is 23.2 Å². The molecule has 0 aromatic heterocycles. The van der Waals surface area contributed by atoms with Gasteiger partial charge in [0, 0.05) is 24.4 Å². The van der Waals surface area contributed by atoms with Crippen LogP contribution in [-0.2, 0) is 24.0 Å². The third-order valence-corrected chi connectivity index (χ3v) is 10.9. The number of fused-ring (bicyclic) bond motifs is 4. The highest BCUT2D eigenvalue weighted by molar-refractivity contribution is 9.09. The van der Waals surface area contributed by atoms with E-state index in [2.05, 4.69) is 15.9 Å². The molecule has 1 aromatic rings. The van der Waals surface area contributed by atoms with E-state index in [4.69, 9.17) is 33.0 Å². The fraction of sp³-hybridized carbons (Fsp3) is 0.552. The van der Waals surface area contributed by atoms with Gasteiger partial charge >= 0.3 is 5.97 Å². The van der Waals surface area contributed by atoms with E-state index >= 15 is 0 Å². The van der Waals surface area contributed by atoms with Crippen molar-refractivity contribution in [2.75, 3.05) is 18.6 Å². The van der Waals surface area contributed by atoms with Crippen LogP contribution in [0.25, 0.3) is 0 Å². The molecule has 5 rings (SSSR count). The highest BCUT2D eigenvalue weighted by Gasteiger charge is 2.76. The number of amides is 4. The van der Waals surface area contributed by atoms with Crippen molar-refractivity contribution in [2.24, 2.45) is 17.8 Å². The van der Waals surface area contributed by atoms with Crippen LogP contribution in [0, 0.1) is 17.8 Å². The first-order valence-electron chi connectivity index (χ1n) is 14.0. The third kappa shape index (κ3) is 4.45. The van der Waals surface area contributed by atoms with Gasteiger partial charge in [-0.1, -0.05) is 46.1 Å². The van der Waals surface area contributed by atoms with E-state index in [1.165, 1.54) is 4.90 Å². The number of aliphatic carboxylic acids is 1. The van der Waals surface area contributed by atoms with E-state index in [-0.39, 0.29) is 66.7 Å². The molecule has 0 unspecified atom stereocenters. The Balaban J connectivity index is 1.57. The number of nitrogens with zero attached hydrogens (tertiary/aromatic N) is 2. The number of para-hydroxylation sites is 1. The van der Waals surface area contributed by atoms with Crippen LogP contribution < -0.4 is 4.74 Å². The highest BCUT2D eigenvalue weighted by atomic mass is 79.9. The number of unbranched alkanes of at least 4 members (excludes halogenated alkanes) is 2. The molecule has 1 aromatic carbocycles. The summed E-state index contributed by atoms with van der Waals surface area (Å²) in [6.07, 6.45) is 3.33. The number of carboxylic acids is 1. The van der Waals surface area contributed by atoms with Gasteiger partial charge in [0.1, 0.15) is 0 Å². The van der Waals surface area contributed by atoms with E-state index < -0.39 is 51.2 Å². The summed E-state index contributed by atoms with van der Waals surface area (Å²) >= 11 is 17.6. The molecule has 2 N–H and O–H groups in total. The van der Waals surface area contributed by atoms with Crippen LogP contribution in [0.1, 0.15) is 56.9 Å². The summed E-state index contributed by atoms with van der Waals surface area (Å²) in [7, 11) is 0. The van der Waals surface area contributed by atoms with Crippen LogP contribution in [0.4, 0.5) is 0 Å². The molecule has 226 valence electrons. The maximum absolute atomic E-state index is 13.9. The molecule has 42 heavy (non-hydrogen) atoms. The van der Waals surface area contributed by atoms with E-state index in [9.17, 15) is 29.1 Å². The van der Waals surface area contributed by atoms with Gasteiger partial charge in [0.05, 0.1) is 23.9 Å². The Morgan fingerprint density at radius 3 is 2.48 bits per heavy atom. The number of aromatic hydroxyl groups is 1. The summed E-state index contributed by atoms with van der Waals surface area (Å²) in [5.41, 5.74) is 0.669. The Labute approximate surface area is 261 Å².